The summed E-state index contributed by atoms with van der Waals surface area (Å²) in [6.07, 6.45) is 0. The summed E-state index contributed by atoms with van der Waals surface area (Å²) in [6, 6.07) is 13.3. The Kier molecular flexibility index (Phi) is 4.61. The van der Waals surface area contributed by atoms with E-state index in [4.69, 9.17) is 0 Å². The molecule has 3 rings (SSSR count). The Balaban J connectivity index is 1.98. The molecule has 1 heterocycles. The second-order valence-electron chi connectivity index (χ2n) is 6.00. The molecule has 0 bridgehead atoms. The number of aryl methyl sites for hydroxylation is 2. The highest BCUT2D eigenvalue weighted by atomic mass is 19.1. The van der Waals surface area contributed by atoms with Crippen LogP contribution in [0.25, 0.3) is 0 Å². The highest BCUT2D eigenvalue weighted by Crippen LogP contribution is 2.21. The number of rotatable bonds is 4. The van der Waals surface area contributed by atoms with E-state index in [1.54, 1.807) is 13.0 Å². The Morgan fingerprint density at radius 3 is 2.44 bits per heavy atom. The van der Waals surface area contributed by atoms with Gasteiger partial charge in [0.1, 0.15) is 17.7 Å². The maximum atomic E-state index is 13.6. The summed E-state index contributed by atoms with van der Waals surface area (Å²) in [6.45, 7) is 3.59. The van der Waals surface area contributed by atoms with E-state index in [0.717, 1.165) is 11.4 Å². The van der Waals surface area contributed by atoms with Gasteiger partial charge in [-0.1, -0.05) is 30.3 Å². The molecule has 5 nitrogen and oxygen atoms in total. The molecule has 2 aromatic carbocycles. The third kappa shape index (κ3) is 3.57. The molecular formula is C19H19FN4O. The standard InChI is InChI=1S/C19H19FN4O/c1-12-9-15(11-16(20)10-12)19(25)21-17(14-7-5-4-6-8-14)18-23-22-13(2)24(18)3/h4-11,17H,1-3H3,(H,21,25). The molecule has 0 aliphatic rings. The monoisotopic (exact) mass is 338 g/mol. The van der Waals surface area contributed by atoms with Gasteiger partial charge in [0.15, 0.2) is 5.82 Å². The number of nitrogens with zero attached hydrogens (tertiary/aromatic N) is 3. The van der Waals surface area contributed by atoms with Gasteiger partial charge in [-0.15, -0.1) is 10.2 Å². The smallest absolute Gasteiger partial charge is 0.252 e. The molecule has 0 aliphatic carbocycles. The quantitative estimate of drug-likeness (QED) is 0.795. The van der Waals surface area contributed by atoms with Gasteiger partial charge in [0.2, 0.25) is 0 Å². The van der Waals surface area contributed by atoms with Crippen LogP contribution in [0.2, 0.25) is 0 Å². The summed E-state index contributed by atoms with van der Waals surface area (Å²) in [5.41, 5.74) is 1.84. The minimum Gasteiger partial charge on any atom is -0.338 e. The lowest BCUT2D eigenvalue weighted by atomic mass is 10.0. The fourth-order valence-corrected chi connectivity index (χ4v) is 2.70. The summed E-state index contributed by atoms with van der Waals surface area (Å²) in [4.78, 5) is 12.7. The molecule has 6 heteroatoms. The summed E-state index contributed by atoms with van der Waals surface area (Å²) in [7, 11) is 1.85. The second kappa shape index (κ2) is 6.84. The zero-order valence-electron chi connectivity index (χ0n) is 14.3. The van der Waals surface area contributed by atoms with Crippen molar-refractivity contribution in [3.8, 4) is 0 Å². The molecule has 0 saturated carbocycles. The number of aromatic nitrogens is 3. The summed E-state index contributed by atoms with van der Waals surface area (Å²) >= 11 is 0. The van der Waals surface area contributed by atoms with Gasteiger partial charge in [0.25, 0.3) is 5.91 Å². The van der Waals surface area contributed by atoms with Gasteiger partial charge in [-0.25, -0.2) is 4.39 Å². The Morgan fingerprint density at radius 2 is 1.84 bits per heavy atom. The number of benzene rings is 2. The van der Waals surface area contributed by atoms with Crippen LogP contribution in [0.1, 0.15) is 39.2 Å². The van der Waals surface area contributed by atoms with Crippen molar-refractivity contribution >= 4 is 5.91 Å². The Labute approximate surface area is 145 Å². The highest BCUT2D eigenvalue weighted by molar-refractivity contribution is 5.94. The molecule has 1 unspecified atom stereocenters. The molecule has 1 aromatic heterocycles. The first kappa shape index (κ1) is 16.8. The van der Waals surface area contributed by atoms with Crippen LogP contribution in [-0.2, 0) is 7.05 Å². The van der Waals surface area contributed by atoms with E-state index in [0.29, 0.717) is 11.4 Å². The SMILES string of the molecule is Cc1cc(F)cc(C(=O)NC(c2ccccc2)c2nnc(C)n2C)c1. The van der Waals surface area contributed by atoms with Crippen molar-refractivity contribution in [1.82, 2.24) is 20.1 Å². The van der Waals surface area contributed by atoms with Crippen molar-refractivity contribution in [3.05, 3.63) is 82.7 Å². The van der Waals surface area contributed by atoms with Crippen LogP contribution in [0.5, 0.6) is 0 Å². The second-order valence-corrected chi connectivity index (χ2v) is 6.00. The van der Waals surface area contributed by atoms with Crippen molar-refractivity contribution in [2.24, 2.45) is 7.05 Å². The molecule has 3 aromatic rings. The van der Waals surface area contributed by atoms with Gasteiger partial charge in [0.05, 0.1) is 0 Å². The molecule has 0 aliphatic heterocycles. The molecule has 0 fully saturated rings. The number of halogens is 1. The van der Waals surface area contributed by atoms with Gasteiger partial charge < -0.3 is 9.88 Å². The predicted molar refractivity (Wildman–Crippen MR) is 92.6 cm³/mol. The zero-order chi connectivity index (χ0) is 18.0. The average Bonchev–Trinajstić information content (AvgIpc) is 2.91. The van der Waals surface area contributed by atoms with Crippen LogP contribution < -0.4 is 5.32 Å². The third-order valence-corrected chi connectivity index (χ3v) is 4.10. The van der Waals surface area contributed by atoms with Crippen molar-refractivity contribution in [1.29, 1.82) is 0 Å². The van der Waals surface area contributed by atoms with Gasteiger partial charge in [-0.2, -0.15) is 0 Å². The van der Waals surface area contributed by atoms with Crippen LogP contribution >= 0.6 is 0 Å². The first-order valence-corrected chi connectivity index (χ1v) is 7.94. The lowest BCUT2D eigenvalue weighted by Gasteiger charge is -2.19. The molecule has 128 valence electrons. The van der Waals surface area contributed by atoms with E-state index in [1.807, 2.05) is 48.9 Å². The predicted octanol–water partition coefficient (Wildman–Crippen LogP) is 3.09. The third-order valence-electron chi connectivity index (χ3n) is 4.10. The van der Waals surface area contributed by atoms with E-state index < -0.39 is 11.9 Å². The molecule has 1 atom stereocenters. The van der Waals surface area contributed by atoms with Gasteiger partial charge >= 0.3 is 0 Å². The minimum atomic E-state index is -0.483. The lowest BCUT2D eigenvalue weighted by Crippen LogP contribution is -2.31. The van der Waals surface area contributed by atoms with Gasteiger partial charge in [0, 0.05) is 12.6 Å². The van der Waals surface area contributed by atoms with Crippen LogP contribution in [-0.4, -0.2) is 20.7 Å². The average molecular weight is 338 g/mol. The first-order valence-electron chi connectivity index (χ1n) is 7.94. The van der Waals surface area contributed by atoms with Crippen molar-refractivity contribution in [2.45, 2.75) is 19.9 Å². The van der Waals surface area contributed by atoms with Crippen LogP contribution in [0.4, 0.5) is 4.39 Å². The number of carbonyl (C=O) groups is 1. The maximum Gasteiger partial charge on any atom is 0.252 e. The summed E-state index contributed by atoms with van der Waals surface area (Å²) in [5.74, 6) is 0.560. The van der Waals surface area contributed by atoms with E-state index in [-0.39, 0.29) is 11.5 Å². The van der Waals surface area contributed by atoms with Crippen LogP contribution in [0.3, 0.4) is 0 Å². The topological polar surface area (TPSA) is 59.8 Å². The van der Waals surface area contributed by atoms with Gasteiger partial charge in [-0.05, 0) is 43.2 Å². The van der Waals surface area contributed by atoms with E-state index in [9.17, 15) is 9.18 Å². The molecule has 0 spiro atoms. The molecule has 0 radical (unpaired) electrons. The number of nitrogens with one attached hydrogen (secondary N) is 1. The summed E-state index contributed by atoms with van der Waals surface area (Å²) < 4.78 is 15.5. The van der Waals surface area contributed by atoms with Gasteiger partial charge in [-0.3, -0.25) is 4.79 Å². The summed E-state index contributed by atoms with van der Waals surface area (Å²) in [5, 5.41) is 11.2. The molecule has 1 amide bonds. The van der Waals surface area contributed by atoms with Crippen LogP contribution in [0, 0.1) is 19.7 Å². The maximum absolute atomic E-state index is 13.6. The van der Waals surface area contributed by atoms with Crippen molar-refractivity contribution in [2.75, 3.05) is 0 Å². The molecule has 1 N–H and O–H groups in total. The fourth-order valence-electron chi connectivity index (χ4n) is 2.70. The Hall–Kier alpha value is -3.02. The highest BCUT2D eigenvalue weighted by Gasteiger charge is 2.23. The number of carbonyl (C=O) groups excluding carboxylic acids is 1. The first-order chi connectivity index (χ1) is 12.0. The fraction of sp³-hybridized carbons (Fsp3) is 0.211. The van der Waals surface area contributed by atoms with Crippen molar-refractivity contribution < 1.29 is 9.18 Å². The van der Waals surface area contributed by atoms with E-state index in [1.165, 1.54) is 12.1 Å². The normalized spacial score (nSPS) is 12.0. The number of amides is 1. The van der Waals surface area contributed by atoms with E-state index in [2.05, 4.69) is 15.5 Å². The lowest BCUT2D eigenvalue weighted by molar-refractivity contribution is 0.0940. The zero-order valence-corrected chi connectivity index (χ0v) is 14.3. The minimum absolute atomic E-state index is 0.275. The Bertz CT molecular complexity index is 885. The Morgan fingerprint density at radius 1 is 1.12 bits per heavy atom. The van der Waals surface area contributed by atoms with Crippen LogP contribution in [0.15, 0.2) is 48.5 Å². The molecular weight excluding hydrogens is 319 g/mol. The molecule has 0 saturated heterocycles. The number of hydrogen-bond donors (Lipinski definition) is 1. The largest absolute Gasteiger partial charge is 0.338 e. The van der Waals surface area contributed by atoms with E-state index >= 15 is 0 Å². The molecule has 25 heavy (non-hydrogen) atoms. The van der Waals surface area contributed by atoms with Crippen molar-refractivity contribution in [3.63, 3.8) is 0 Å². The number of hydrogen-bond acceptors (Lipinski definition) is 3.